The SMILES string of the molecule is O=C(COC(=O)CCCc1nc2ccccc2s1)NC(c1ccccc1)C1CC1. The number of aromatic nitrogens is 1. The first kappa shape index (κ1) is 19.6. The predicted molar refractivity (Wildman–Crippen MR) is 114 cm³/mol. The number of nitrogens with zero attached hydrogens (tertiary/aromatic N) is 1. The second kappa shape index (κ2) is 9.18. The van der Waals surface area contributed by atoms with E-state index in [2.05, 4.69) is 10.3 Å². The molecule has 6 heteroatoms. The van der Waals surface area contributed by atoms with Gasteiger partial charge >= 0.3 is 5.97 Å². The Kier molecular flexibility index (Phi) is 6.20. The lowest BCUT2D eigenvalue weighted by Gasteiger charge is -2.18. The first-order valence-corrected chi connectivity index (χ1v) is 10.8. The Morgan fingerprint density at radius 3 is 2.62 bits per heavy atom. The molecule has 1 atom stereocenters. The third-order valence-corrected chi connectivity index (χ3v) is 6.14. The maximum atomic E-state index is 12.3. The summed E-state index contributed by atoms with van der Waals surface area (Å²) in [4.78, 5) is 28.8. The minimum Gasteiger partial charge on any atom is -0.456 e. The largest absolute Gasteiger partial charge is 0.456 e. The zero-order chi connectivity index (χ0) is 20.1. The van der Waals surface area contributed by atoms with Crippen LogP contribution in [0.2, 0.25) is 0 Å². The van der Waals surface area contributed by atoms with E-state index in [-0.39, 0.29) is 30.9 Å². The molecule has 1 heterocycles. The number of esters is 1. The van der Waals surface area contributed by atoms with Gasteiger partial charge in [-0.1, -0.05) is 42.5 Å². The first-order valence-electron chi connectivity index (χ1n) is 10.0. The monoisotopic (exact) mass is 408 g/mol. The summed E-state index contributed by atoms with van der Waals surface area (Å²) in [5, 5.41) is 4.04. The van der Waals surface area contributed by atoms with Crippen molar-refractivity contribution >= 4 is 33.4 Å². The number of rotatable bonds is 9. The van der Waals surface area contributed by atoms with Crippen molar-refractivity contribution in [3.63, 3.8) is 0 Å². The lowest BCUT2D eigenvalue weighted by atomic mass is 10.0. The van der Waals surface area contributed by atoms with Crippen molar-refractivity contribution in [1.29, 1.82) is 0 Å². The number of carbonyl (C=O) groups is 2. The van der Waals surface area contributed by atoms with E-state index in [0.29, 0.717) is 12.3 Å². The van der Waals surface area contributed by atoms with Gasteiger partial charge in [-0.05, 0) is 49.3 Å². The van der Waals surface area contributed by atoms with Crippen LogP contribution in [-0.4, -0.2) is 23.5 Å². The summed E-state index contributed by atoms with van der Waals surface area (Å²) in [6.07, 6.45) is 3.91. The molecule has 0 bridgehead atoms. The smallest absolute Gasteiger partial charge is 0.306 e. The highest BCUT2D eigenvalue weighted by molar-refractivity contribution is 7.18. The minimum atomic E-state index is -0.344. The molecule has 0 aliphatic heterocycles. The maximum Gasteiger partial charge on any atom is 0.306 e. The molecule has 150 valence electrons. The number of benzene rings is 2. The number of hydrogen-bond donors (Lipinski definition) is 1. The van der Waals surface area contributed by atoms with Crippen LogP contribution >= 0.6 is 11.3 Å². The van der Waals surface area contributed by atoms with Gasteiger partial charge in [0.25, 0.3) is 5.91 Å². The molecule has 4 rings (SSSR count). The second-order valence-corrected chi connectivity index (χ2v) is 8.50. The zero-order valence-electron chi connectivity index (χ0n) is 16.2. The molecule has 1 fully saturated rings. The molecular weight excluding hydrogens is 384 g/mol. The Morgan fingerprint density at radius 2 is 1.86 bits per heavy atom. The lowest BCUT2D eigenvalue weighted by molar-refractivity contribution is -0.148. The molecule has 1 unspecified atom stereocenters. The number of carbonyl (C=O) groups excluding carboxylic acids is 2. The van der Waals surface area contributed by atoms with Gasteiger partial charge in [0.2, 0.25) is 0 Å². The van der Waals surface area contributed by atoms with Gasteiger partial charge in [0.05, 0.1) is 21.3 Å². The summed E-state index contributed by atoms with van der Waals surface area (Å²) in [6, 6.07) is 18.0. The number of ether oxygens (including phenoxy) is 1. The van der Waals surface area contributed by atoms with Gasteiger partial charge in [0.1, 0.15) is 0 Å². The summed E-state index contributed by atoms with van der Waals surface area (Å²) in [5.74, 6) is -0.111. The van der Waals surface area contributed by atoms with E-state index in [4.69, 9.17) is 4.74 Å². The Bertz CT molecular complexity index is 949. The topological polar surface area (TPSA) is 68.3 Å². The Labute approximate surface area is 174 Å². The Morgan fingerprint density at radius 1 is 1.10 bits per heavy atom. The molecule has 0 radical (unpaired) electrons. The van der Waals surface area contributed by atoms with Crippen molar-refractivity contribution in [3.8, 4) is 0 Å². The van der Waals surface area contributed by atoms with Crippen LogP contribution in [0.15, 0.2) is 54.6 Å². The van der Waals surface area contributed by atoms with E-state index >= 15 is 0 Å². The molecule has 1 aliphatic rings. The van der Waals surface area contributed by atoms with Crippen molar-refractivity contribution in [3.05, 3.63) is 65.2 Å². The van der Waals surface area contributed by atoms with Crippen LogP contribution in [0.4, 0.5) is 0 Å². The molecule has 1 amide bonds. The molecule has 1 aliphatic carbocycles. The summed E-state index contributed by atoms with van der Waals surface area (Å²) in [5.41, 5.74) is 2.10. The number of fused-ring (bicyclic) bond motifs is 1. The van der Waals surface area contributed by atoms with Crippen LogP contribution in [0.3, 0.4) is 0 Å². The van der Waals surface area contributed by atoms with Gasteiger partial charge in [-0.25, -0.2) is 4.98 Å². The maximum absolute atomic E-state index is 12.3. The van der Waals surface area contributed by atoms with Gasteiger partial charge in [-0.15, -0.1) is 11.3 Å². The normalized spacial score (nSPS) is 14.5. The fraction of sp³-hybridized carbons (Fsp3) is 0.348. The lowest BCUT2D eigenvalue weighted by Crippen LogP contribution is -2.33. The van der Waals surface area contributed by atoms with Gasteiger partial charge in [-0.3, -0.25) is 9.59 Å². The van der Waals surface area contributed by atoms with Crippen LogP contribution in [-0.2, 0) is 20.7 Å². The third-order valence-electron chi connectivity index (χ3n) is 5.04. The summed E-state index contributed by atoms with van der Waals surface area (Å²) in [6.45, 7) is -0.226. The van der Waals surface area contributed by atoms with Gasteiger partial charge < -0.3 is 10.1 Å². The molecule has 3 aromatic rings. The molecule has 1 N–H and O–H groups in total. The number of nitrogens with one attached hydrogen (secondary N) is 1. The third kappa shape index (κ3) is 5.41. The molecule has 5 nitrogen and oxygen atoms in total. The highest BCUT2D eigenvalue weighted by Crippen LogP contribution is 2.40. The van der Waals surface area contributed by atoms with Crippen molar-refractivity contribution < 1.29 is 14.3 Å². The van der Waals surface area contributed by atoms with Gasteiger partial charge in [0.15, 0.2) is 6.61 Å². The van der Waals surface area contributed by atoms with Crippen LogP contribution in [0.1, 0.15) is 42.3 Å². The molecule has 0 saturated heterocycles. The number of aryl methyl sites for hydroxylation is 1. The Balaban J connectivity index is 1.19. The molecule has 0 spiro atoms. The van der Waals surface area contributed by atoms with Crippen LogP contribution < -0.4 is 5.32 Å². The van der Waals surface area contributed by atoms with Gasteiger partial charge in [0, 0.05) is 6.42 Å². The molecule has 1 saturated carbocycles. The summed E-state index contributed by atoms with van der Waals surface area (Å²) < 4.78 is 6.33. The van der Waals surface area contributed by atoms with Crippen LogP contribution in [0, 0.1) is 5.92 Å². The van der Waals surface area contributed by atoms with E-state index < -0.39 is 0 Å². The number of hydrogen-bond acceptors (Lipinski definition) is 5. The molecular formula is C23H24N2O3S. The van der Waals surface area contributed by atoms with Crippen molar-refractivity contribution in [2.75, 3.05) is 6.61 Å². The van der Waals surface area contributed by atoms with Crippen LogP contribution in [0.5, 0.6) is 0 Å². The van der Waals surface area contributed by atoms with Gasteiger partial charge in [-0.2, -0.15) is 0 Å². The van der Waals surface area contributed by atoms with Crippen molar-refractivity contribution in [2.45, 2.75) is 38.1 Å². The van der Waals surface area contributed by atoms with E-state index in [0.717, 1.165) is 40.1 Å². The zero-order valence-corrected chi connectivity index (χ0v) is 17.0. The molecule has 1 aromatic heterocycles. The molecule has 29 heavy (non-hydrogen) atoms. The number of thiazole rings is 1. The highest BCUT2D eigenvalue weighted by atomic mass is 32.1. The summed E-state index contributed by atoms with van der Waals surface area (Å²) in [7, 11) is 0. The fourth-order valence-electron chi connectivity index (χ4n) is 3.41. The highest BCUT2D eigenvalue weighted by Gasteiger charge is 2.33. The van der Waals surface area contributed by atoms with Crippen molar-refractivity contribution in [2.24, 2.45) is 5.92 Å². The minimum absolute atomic E-state index is 0.00133. The predicted octanol–water partition coefficient (Wildman–Crippen LogP) is 4.43. The quantitative estimate of drug-likeness (QED) is 0.532. The summed E-state index contributed by atoms with van der Waals surface area (Å²) >= 11 is 1.65. The number of para-hydroxylation sites is 1. The first-order chi connectivity index (χ1) is 14.2. The standard InChI is InChI=1S/C23H24N2O3S/c26-20(25-23(17-13-14-17)16-7-2-1-3-8-16)15-28-22(27)12-6-11-21-24-18-9-4-5-10-19(18)29-21/h1-5,7-10,17,23H,6,11-15H2,(H,25,26). The molecule has 2 aromatic carbocycles. The van der Waals surface area contributed by atoms with E-state index in [9.17, 15) is 9.59 Å². The average molecular weight is 409 g/mol. The fourth-order valence-corrected chi connectivity index (χ4v) is 4.42. The Hall–Kier alpha value is -2.73. The van der Waals surface area contributed by atoms with Crippen LogP contribution in [0.25, 0.3) is 10.2 Å². The average Bonchev–Trinajstić information content (AvgIpc) is 3.50. The van der Waals surface area contributed by atoms with E-state index in [1.54, 1.807) is 11.3 Å². The number of amides is 1. The van der Waals surface area contributed by atoms with E-state index in [1.165, 1.54) is 0 Å². The van der Waals surface area contributed by atoms with Crippen molar-refractivity contribution in [1.82, 2.24) is 10.3 Å². The second-order valence-electron chi connectivity index (χ2n) is 7.38. The van der Waals surface area contributed by atoms with E-state index in [1.807, 2.05) is 54.6 Å².